The molecule has 3 aromatic rings. The number of aromatic nitrogens is 1. The van der Waals surface area contributed by atoms with Gasteiger partial charge in [0.25, 0.3) is 5.91 Å². The highest BCUT2D eigenvalue weighted by Crippen LogP contribution is 2.31. The van der Waals surface area contributed by atoms with Crippen LogP contribution < -0.4 is 20.7 Å². The lowest BCUT2D eigenvalue weighted by molar-refractivity contribution is 0.102. The Morgan fingerprint density at radius 2 is 1.81 bits per heavy atom. The van der Waals surface area contributed by atoms with Crippen molar-refractivity contribution >= 4 is 34.2 Å². The van der Waals surface area contributed by atoms with Gasteiger partial charge >= 0.3 is 6.03 Å². The molecular weight excluding hydrogens is 404 g/mol. The second-order valence-corrected chi connectivity index (χ2v) is 7.97. The molecule has 7 nitrogen and oxygen atoms in total. The molecule has 3 N–H and O–H groups in total. The Hall–Kier alpha value is -3.61. The third kappa shape index (κ3) is 6.20. The number of carbonyl (C=O) groups is 2. The molecule has 3 rings (SSSR count). The summed E-state index contributed by atoms with van der Waals surface area (Å²) in [6.45, 7) is 7.26. The first-order valence-corrected chi connectivity index (χ1v) is 11.0. The average Bonchev–Trinajstić information content (AvgIpc) is 2.78. The van der Waals surface area contributed by atoms with Crippen LogP contribution in [-0.4, -0.2) is 30.1 Å². The molecule has 0 aliphatic heterocycles. The predicted octanol–water partition coefficient (Wildman–Crippen LogP) is 5.44. The van der Waals surface area contributed by atoms with Crippen molar-refractivity contribution in [2.45, 2.75) is 33.6 Å². The SMILES string of the molecule is CCCCNC(=O)Nc1cccc2c(OCC(C)C)cc(C(=O)Nc3ccccc3)nc12. The van der Waals surface area contributed by atoms with E-state index in [1.54, 1.807) is 12.1 Å². The van der Waals surface area contributed by atoms with E-state index in [0.717, 1.165) is 18.2 Å². The van der Waals surface area contributed by atoms with Gasteiger partial charge in [0.2, 0.25) is 0 Å². The highest BCUT2D eigenvalue weighted by Gasteiger charge is 2.17. The van der Waals surface area contributed by atoms with E-state index in [-0.39, 0.29) is 17.6 Å². The van der Waals surface area contributed by atoms with Crippen LogP contribution >= 0.6 is 0 Å². The van der Waals surface area contributed by atoms with Crippen LogP contribution in [0.4, 0.5) is 16.2 Å². The van der Waals surface area contributed by atoms with E-state index in [4.69, 9.17) is 4.74 Å². The molecule has 2 aromatic carbocycles. The van der Waals surface area contributed by atoms with Crippen LogP contribution in [0.5, 0.6) is 5.75 Å². The summed E-state index contributed by atoms with van der Waals surface area (Å²) in [5.41, 5.74) is 1.89. The lowest BCUT2D eigenvalue weighted by Crippen LogP contribution is -2.29. The monoisotopic (exact) mass is 434 g/mol. The summed E-state index contributed by atoms with van der Waals surface area (Å²) in [7, 11) is 0. The number of hydrogen-bond acceptors (Lipinski definition) is 4. The Kier molecular flexibility index (Phi) is 8.02. The van der Waals surface area contributed by atoms with Crippen LogP contribution in [0, 0.1) is 5.92 Å². The number of para-hydroxylation sites is 2. The smallest absolute Gasteiger partial charge is 0.319 e. The third-order valence-electron chi connectivity index (χ3n) is 4.70. The standard InChI is InChI=1S/C25H30N4O3/c1-4-5-14-26-25(31)29-20-13-9-12-19-22(32-16-17(2)3)15-21(28-23(19)20)24(30)27-18-10-7-6-8-11-18/h6-13,15,17H,4-5,14,16H2,1-3H3,(H,27,30)(H2,26,29,31). The first kappa shape index (κ1) is 23.1. The Bertz CT molecular complexity index is 1070. The van der Waals surface area contributed by atoms with Crippen molar-refractivity contribution in [2.24, 2.45) is 5.92 Å². The van der Waals surface area contributed by atoms with E-state index in [1.165, 1.54) is 0 Å². The van der Waals surface area contributed by atoms with Gasteiger partial charge in [0, 0.05) is 23.7 Å². The minimum absolute atomic E-state index is 0.209. The molecule has 0 fully saturated rings. The number of urea groups is 1. The fourth-order valence-electron chi connectivity index (χ4n) is 3.07. The molecule has 168 valence electrons. The molecule has 0 spiro atoms. The molecule has 0 atom stereocenters. The lowest BCUT2D eigenvalue weighted by Gasteiger charge is -2.15. The summed E-state index contributed by atoms with van der Waals surface area (Å²) in [5.74, 6) is 0.511. The molecule has 32 heavy (non-hydrogen) atoms. The van der Waals surface area contributed by atoms with E-state index < -0.39 is 0 Å². The second kappa shape index (κ2) is 11.1. The van der Waals surface area contributed by atoms with Gasteiger partial charge in [-0.25, -0.2) is 9.78 Å². The number of ether oxygens (including phenoxy) is 1. The summed E-state index contributed by atoms with van der Waals surface area (Å²) < 4.78 is 6.01. The zero-order chi connectivity index (χ0) is 22.9. The molecule has 7 heteroatoms. The minimum atomic E-state index is -0.352. The lowest BCUT2D eigenvalue weighted by atomic mass is 10.1. The number of nitrogens with one attached hydrogen (secondary N) is 3. The number of amides is 3. The Labute approximate surface area is 188 Å². The molecule has 1 heterocycles. The van der Waals surface area contributed by atoms with Crippen molar-refractivity contribution in [3.05, 3.63) is 60.3 Å². The normalized spacial score (nSPS) is 10.8. The van der Waals surface area contributed by atoms with Crippen molar-refractivity contribution in [3.63, 3.8) is 0 Å². The van der Waals surface area contributed by atoms with Gasteiger partial charge in [-0.05, 0) is 36.6 Å². The van der Waals surface area contributed by atoms with Gasteiger partial charge in [-0.15, -0.1) is 0 Å². The Balaban J connectivity index is 1.96. The highest BCUT2D eigenvalue weighted by atomic mass is 16.5. The van der Waals surface area contributed by atoms with Crippen LogP contribution in [0.1, 0.15) is 44.1 Å². The summed E-state index contributed by atoms with van der Waals surface area (Å²) in [6.07, 6.45) is 1.89. The molecule has 1 aromatic heterocycles. The summed E-state index contributed by atoms with van der Waals surface area (Å²) in [5, 5.41) is 9.27. The topological polar surface area (TPSA) is 92.4 Å². The summed E-state index contributed by atoms with van der Waals surface area (Å²) >= 11 is 0. The number of anilines is 2. The van der Waals surface area contributed by atoms with E-state index >= 15 is 0 Å². The number of hydrogen-bond donors (Lipinski definition) is 3. The first-order chi connectivity index (χ1) is 15.5. The molecule has 0 saturated heterocycles. The number of fused-ring (bicyclic) bond motifs is 1. The summed E-state index contributed by atoms with van der Waals surface area (Å²) in [4.78, 5) is 29.8. The zero-order valence-electron chi connectivity index (χ0n) is 18.8. The van der Waals surface area contributed by atoms with Crippen LogP contribution in [0.2, 0.25) is 0 Å². The molecule has 0 aliphatic rings. The number of carbonyl (C=O) groups excluding carboxylic acids is 2. The van der Waals surface area contributed by atoms with Gasteiger partial charge in [-0.1, -0.05) is 51.5 Å². The maximum atomic E-state index is 12.9. The largest absolute Gasteiger partial charge is 0.493 e. The quantitative estimate of drug-likeness (QED) is 0.391. The molecule has 0 unspecified atom stereocenters. The maximum Gasteiger partial charge on any atom is 0.319 e. The summed E-state index contributed by atoms with van der Waals surface area (Å²) in [6, 6.07) is 16.0. The van der Waals surface area contributed by atoms with Crippen molar-refractivity contribution in [1.82, 2.24) is 10.3 Å². The van der Waals surface area contributed by atoms with Crippen molar-refractivity contribution in [2.75, 3.05) is 23.8 Å². The van der Waals surface area contributed by atoms with Crippen LogP contribution in [0.25, 0.3) is 10.9 Å². The number of nitrogens with zero attached hydrogens (tertiary/aromatic N) is 1. The number of unbranched alkanes of at least 4 members (excludes halogenated alkanes) is 1. The number of benzene rings is 2. The van der Waals surface area contributed by atoms with Gasteiger partial charge in [-0.2, -0.15) is 0 Å². The number of pyridine rings is 1. The predicted molar refractivity (Wildman–Crippen MR) is 128 cm³/mol. The second-order valence-electron chi connectivity index (χ2n) is 7.97. The van der Waals surface area contributed by atoms with Crippen molar-refractivity contribution in [1.29, 1.82) is 0 Å². The molecule has 0 saturated carbocycles. The van der Waals surface area contributed by atoms with Gasteiger partial charge < -0.3 is 20.7 Å². The molecular formula is C25H30N4O3. The average molecular weight is 435 g/mol. The van der Waals surface area contributed by atoms with Gasteiger partial charge in [0.1, 0.15) is 11.4 Å². The molecule has 0 bridgehead atoms. The van der Waals surface area contributed by atoms with Gasteiger partial charge in [-0.3, -0.25) is 4.79 Å². The van der Waals surface area contributed by atoms with Crippen molar-refractivity contribution in [3.8, 4) is 5.75 Å². The fraction of sp³-hybridized carbons (Fsp3) is 0.320. The fourth-order valence-corrected chi connectivity index (χ4v) is 3.07. The molecule has 0 radical (unpaired) electrons. The van der Waals surface area contributed by atoms with Crippen LogP contribution in [0.3, 0.4) is 0 Å². The zero-order valence-corrected chi connectivity index (χ0v) is 18.8. The van der Waals surface area contributed by atoms with Crippen LogP contribution in [0.15, 0.2) is 54.6 Å². The highest BCUT2D eigenvalue weighted by molar-refractivity contribution is 6.07. The Morgan fingerprint density at radius 3 is 2.53 bits per heavy atom. The van der Waals surface area contributed by atoms with E-state index in [1.807, 2.05) is 42.5 Å². The molecule has 0 aliphatic carbocycles. The van der Waals surface area contributed by atoms with E-state index in [2.05, 4.69) is 41.7 Å². The van der Waals surface area contributed by atoms with Crippen LogP contribution in [-0.2, 0) is 0 Å². The third-order valence-corrected chi connectivity index (χ3v) is 4.70. The van der Waals surface area contributed by atoms with Gasteiger partial charge in [0.15, 0.2) is 0 Å². The first-order valence-electron chi connectivity index (χ1n) is 11.0. The maximum absolute atomic E-state index is 12.9. The minimum Gasteiger partial charge on any atom is -0.493 e. The number of rotatable bonds is 9. The molecule has 3 amide bonds. The van der Waals surface area contributed by atoms with E-state index in [9.17, 15) is 9.59 Å². The van der Waals surface area contributed by atoms with Gasteiger partial charge in [0.05, 0.1) is 17.8 Å². The van der Waals surface area contributed by atoms with Crippen molar-refractivity contribution < 1.29 is 14.3 Å². The van der Waals surface area contributed by atoms with E-state index in [0.29, 0.717) is 41.7 Å². The Morgan fingerprint density at radius 1 is 1.03 bits per heavy atom.